The van der Waals surface area contributed by atoms with Gasteiger partial charge >= 0.3 is 0 Å². The van der Waals surface area contributed by atoms with Gasteiger partial charge in [-0.05, 0) is 54.8 Å². The molecule has 0 radical (unpaired) electrons. The van der Waals surface area contributed by atoms with Gasteiger partial charge in [-0.3, -0.25) is 14.5 Å². The van der Waals surface area contributed by atoms with Crippen LogP contribution < -0.4 is 10.2 Å². The lowest BCUT2D eigenvalue weighted by atomic mass is 10.1. The second kappa shape index (κ2) is 6.69. The van der Waals surface area contributed by atoms with Crippen LogP contribution in [-0.2, 0) is 9.59 Å². The number of carbonyl (C=O) groups is 2. The fourth-order valence-corrected chi connectivity index (χ4v) is 4.18. The Labute approximate surface area is 146 Å². The van der Waals surface area contributed by atoms with Crippen molar-refractivity contribution < 1.29 is 9.59 Å². The summed E-state index contributed by atoms with van der Waals surface area (Å²) in [6, 6.07) is 13.9. The number of anilines is 2. The van der Waals surface area contributed by atoms with Crippen molar-refractivity contribution in [2.45, 2.75) is 26.1 Å². The van der Waals surface area contributed by atoms with Crippen LogP contribution in [0.15, 0.2) is 42.5 Å². The number of carbonyl (C=O) groups excluding carboxylic acids is 2. The first kappa shape index (κ1) is 16.6. The lowest BCUT2D eigenvalue weighted by Gasteiger charge is -2.25. The second-order valence-corrected chi connectivity index (χ2v) is 7.15. The Bertz CT molecular complexity index is 783. The van der Waals surface area contributed by atoms with E-state index in [1.165, 1.54) is 6.92 Å². The smallest absolute Gasteiger partial charge is 0.238 e. The van der Waals surface area contributed by atoms with Crippen LogP contribution in [0.4, 0.5) is 11.4 Å². The van der Waals surface area contributed by atoms with Crippen molar-refractivity contribution >= 4 is 35.0 Å². The molecule has 1 aliphatic heterocycles. The minimum atomic E-state index is -0.103. The average molecular weight is 340 g/mol. The zero-order valence-corrected chi connectivity index (χ0v) is 14.8. The lowest BCUT2D eigenvalue weighted by molar-refractivity contribution is -0.116. The SMILES string of the molecule is CC(=O)Nc1cccc([C@H]2SCC(=O)N2c2cc(C)cc(C)c2)c1. The summed E-state index contributed by atoms with van der Waals surface area (Å²) in [6.45, 7) is 5.57. The van der Waals surface area contributed by atoms with E-state index in [0.717, 1.165) is 28.1 Å². The maximum absolute atomic E-state index is 12.5. The molecule has 4 nitrogen and oxygen atoms in total. The van der Waals surface area contributed by atoms with Crippen LogP contribution in [0.25, 0.3) is 0 Å². The number of aryl methyl sites for hydroxylation is 2. The van der Waals surface area contributed by atoms with Crippen molar-refractivity contribution in [3.63, 3.8) is 0 Å². The zero-order valence-electron chi connectivity index (χ0n) is 14.0. The summed E-state index contributed by atoms with van der Waals surface area (Å²) in [5.74, 6) is 0.468. The fraction of sp³-hybridized carbons (Fsp3) is 0.263. The number of nitrogens with one attached hydrogen (secondary N) is 1. The monoisotopic (exact) mass is 340 g/mol. The molecule has 2 aromatic carbocycles. The van der Waals surface area contributed by atoms with Gasteiger partial charge in [-0.25, -0.2) is 0 Å². The van der Waals surface area contributed by atoms with Gasteiger partial charge in [0.15, 0.2) is 0 Å². The Hall–Kier alpha value is -2.27. The van der Waals surface area contributed by atoms with Gasteiger partial charge in [0.1, 0.15) is 5.37 Å². The Kier molecular flexibility index (Phi) is 4.62. The number of hydrogen-bond donors (Lipinski definition) is 1. The molecular weight excluding hydrogens is 320 g/mol. The first-order chi connectivity index (χ1) is 11.4. The van der Waals surface area contributed by atoms with Crippen LogP contribution in [0.2, 0.25) is 0 Å². The molecule has 5 heteroatoms. The van der Waals surface area contributed by atoms with Crippen molar-refractivity contribution in [1.82, 2.24) is 0 Å². The molecule has 0 aliphatic carbocycles. The highest BCUT2D eigenvalue weighted by molar-refractivity contribution is 8.00. The van der Waals surface area contributed by atoms with Crippen LogP contribution in [0, 0.1) is 13.8 Å². The maximum Gasteiger partial charge on any atom is 0.238 e. The minimum Gasteiger partial charge on any atom is -0.326 e. The molecule has 1 saturated heterocycles. The molecule has 2 amide bonds. The molecule has 1 heterocycles. The van der Waals surface area contributed by atoms with Crippen LogP contribution in [0.1, 0.15) is 29.0 Å². The van der Waals surface area contributed by atoms with Gasteiger partial charge in [0.25, 0.3) is 0 Å². The first-order valence-electron chi connectivity index (χ1n) is 7.83. The first-order valence-corrected chi connectivity index (χ1v) is 8.88. The van der Waals surface area contributed by atoms with E-state index in [0.29, 0.717) is 5.75 Å². The van der Waals surface area contributed by atoms with Gasteiger partial charge in [0.2, 0.25) is 11.8 Å². The summed E-state index contributed by atoms with van der Waals surface area (Å²) in [6.07, 6.45) is 0. The lowest BCUT2D eigenvalue weighted by Crippen LogP contribution is -2.28. The van der Waals surface area contributed by atoms with E-state index in [1.54, 1.807) is 11.8 Å². The van der Waals surface area contributed by atoms with Crippen LogP contribution in [0.3, 0.4) is 0 Å². The van der Waals surface area contributed by atoms with E-state index in [9.17, 15) is 9.59 Å². The second-order valence-electron chi connectivity index (χ2n) is 6.08. The molecule has 0 bridgehead atoms. The summed E-state index contributed by atoms with van der Waals surface area (Å²) >= 11 is 1.61. The quantitative estimate of drug-likeness (QED) is 0.917. The Morgan fingerprint density at radius 2 is 1.88 bits per heavy atom. The van der Waals surface area contributed by atoms with Gasteiger partial charge in [0, 0.05) is 18.3 Å². The summed E-state index contributed by atoms with van der Waals surface area (Å²) in [7, 11) is 0. The molecule has 1 atom stereocenters. The van der Waals surface area contributed by atoms with E-state index >= 15 is 0 Å². The number of nitrogens with zero attached hydrogens (tertiary/aromatic N) is 1. The molecular formula is C19H20N2O2S. The largest absolute Gasteiger partial charge is 0.326 e. The Morgan fingerprint density at radius 1 is 1.17 bits per heavy atom. The number of amides is 2. The van der Waals surface area contributed by atoms with Crippen molar-refractivity contribution in [2.24, 2.45) is 0 Å². The summed E-state index contributed by atoms with van der Waals surface area (Å²) in [5, 5.41) is 2.72. The Morgan fingerprint density at radius 3 is 2.54 bits per heavy atom. The number of hydrogen-bond acceptors (Lipinski definition) is 3. The third-order valence-corrected chi connectivity index (χ3v) is 5.06. The van der Waals surface area contributed by atoms with Crippen molar-refractivity contribution in [2.75, 3.05) is 16.0 Å². The predicted molar refractivity (Wildman–Crippen MR) is 99.3 cm³/mol. The highest BCUT2D eigenvalue weighted by atomic mass is 32.2. The standard InChI is InChI=1S/C19H20N2O2S/c1-12-7-13(2)9-17(8-12)21-18(23)11-24-19(21)15-5-4-6-16(10-15)20-14(3)22/h4-10,19H,11H2,1-3H3,(H,20,22)/t19-/m1/s1. The van der Waals surface area contributed by atoms with Gasteiger partial charge < -0.3 is 5.32 Å². The molecule has 1 fully saturated rings. The van der Waals surface area contributed by atoms with Gasteiger partial charge in [-0.2, -0.15) is 0 Å². The van der Waals surface area contributed by atoms with E-state index in [2.05, 4.69) is 11.4 Å². The van der Waals surface area contributed by atoms with Crippen LogP contribution >= 0.6 is 11.8 Å². The third-order valence-electron chi connectivity index (χ3n) is 3.84. The summed E-state index contributed by atoms with van der Waals surface area (Å²) in [4.78, 5) is 25.6. The van der Waals surface area contributed by atoms with E-state index in [-0.39, 0.29) is 17.2 Å². The van der Waals surface area contributed by atoms with Gasteiger partial charge in [-0.15, -0.1) is 11.8 Å². The highest BCUT2D eigenvalue weighted by Crippen LogP contribution is 2.42. The topological polar surface area (TPSA) is 49.4 Å². The third kappa shape index (κ3) is 3.46. The van der Waals surface area contributed by atoms with Crippen molar-refractivity contribution in [3.8, 4) is 0 Å². The predicted octanol–water partition coefficient (Wildman–Crippen LogP) is 4.04. The molecule has 0 unspecified atom stereocenters. The molecule has 0 saturated carbocycles. The highest BCUT2D eigenvalue weighted by Gasteiger charge is 2.34. The molecule has 0 aromatic heterocycles. The average Bonchev–Trinajstić information content (AvgIpc) is 2.87. The normalized spacial score (nSPS) is 17.2. The van der Waals surface area contributed by atoms with Crippen LogP contribution in [-0.4, -0.2) is 17.6 Å². The number of benzene rings is 2. The number of thioether (sulfide) groups is 1. The number of rotatable bonds is 3. The van der Waals surface area contributed by atoms with E-state index in [4.69, 9.17) is 0 Å². The minimum absolute atomic E-state index is 0.0765. The molecule has 1 aliphatic rings. The van der Waals surface area contributed by atoms with Gasteiger partial charge in [-0.1, -0.05) is 18.2 Å². The molecule has 0 spiro atoms. The van der Waals surface area contributed by atoms with E-state index in [1.807, 2.05) is 55.1 Å². The van der Waals surface area contributed by atoms with Crippen molar-refractivity contribution in [1.29, 1.82) is 0 Å². The van der Waals surface area contributed by atoms with Crippen LogP contribution in [0.5, 0.6) is 0 Å². The fourth-order valence-electron chi connectivity index (χ4n) is 3.01. The molecule has 24 heavy (non-hydrogen) atoms. The molecule has 1 N–H and O–H groups in total. The molecule has 3 rings (SSSR count). The van der Waals surface area contributed by atoms with E-state index < -0.39 is 0 Å². The van der Waals surface area contributed by atoms with Crippen molar-refractivity contribution in [3.05, 3.63) is 59.2 Å². The summed E-state index contributed by atoms with van der Waals surface area (Å²) < 4.78 is 0. The Balaban J connectivity index is 1.97. The maximum atomic E-state index is 12.5. The summed E-state index contributed by atoms with van der Waals surface area (Å²) in [5.41, 5.74) is 4.97. The zero-order chi connectivity index (χ0) is 17.3. The van der Waals surface area contributed by atoms with Gasteiger partial charge in [0.05, 0.1) is 5.75 Å². The molecule has 124 valence electrons. The molecule has 2 aromatic rings.